The summed E-state index contributed by atoms with van der Waals surface area (Å²) >= 11 is 1.41. The molecule has 1 heterocycles. The van der Waals surface area contributed by atoms with Crippen LogP contribution >= 0.6 is 11.8 Å². The van der Waals surface area contributed by atoms with Crippen molar-refractivity contribution in [1.82, 2.24) is 9.97 Å². The number of rotatable bonds is 2. The van der Waals surface area contributed by atoms with E-state index in [2.05, 4.69) is 9.97 Å². The van der Waals surface area contributed by atoms with Crippen molar-refractivity contribution in [1.29, 1.82) is 5.26 Å². The molecule has 0 saturated carbocycles. The van der Waals surface area contributed by atoms with Gasteiger partial charge in [-0.05, 0) is 49.0 Å². The van der Waals surface area contributed by atoms with Gasteiger partial charge in [0, 0.05) is 16.3 Å². The first-order chi connectivity index (χ1) is 8.17. The molecule has 84 valence electrons. The van der Waals surface area contributed by atoms with Gasteiger partial charge in [-0.25, -0.2) is 9.97 Å². The molecule has 17 heavy (non-hydrogen) atoms. The SMILES string of the molecule is Cc1cc(C#N)nc(Sc2ccc(N)cc2)n1. The summed E-state index contributed by atoms with van der Waals surface area (Å²) in [4.78, 5) is 9.39. The first-order valence-electron chi connectivity index (χ1n) is 4.96. The van der Waals surface area contributed by atoms with Gasteiger partial charge in [0.2, 0.25) is 0 Å². The van der Waals surface area contributed by atoms with Gasteiger partial charge < -0.3 is 5.73 Å². The first-order valence-corrected chi connectivity index (χ1v) is 5.78. The zero-order valence-corrected chi connectivity index (χ0v) is 10.0. The highest BCUT2D eigenvalue weighted by atomic mass is 32.2. The molecule has 1 aromatic heterocycles. The molecule has 0 aliphatic rings. The van der Waals surface area contributed by atoms with E-state index in [9.17, 15) is 0 Å². The maximum Gasteiger partial charge on any atom is 0.193 e. The average Bonchev–Trinajstić information content (AvgIpc) is 2.31. The number of nitrogens with zero attached hydrogens (tertiary/aromatic N) is 3. The smallest absolute Gasteiger partial charge is 0.193 e. The molecule has 5 heteroatoms. The summed E-state index contributed by atoms with van der Waals surface area (Å²) in [7, 11) is 0. The molecule has 2 aromatic rings. The summed E-state index contributed by atoms with van der Waals surface area (Å²) < 4.78 is 0. The fourth-order valence-corrected chi connectivity index (χ4v) is 2.10. The van der Waals surface area contributed by atoms with Gasteiger partial charge in [0.25, 0.3) is 0 Å². The maximum absolute atomic E-state index is 8.82. The number of nitrogens with two attached hydrogens (primary N) is 1. The molecule has 0 saturated heterocycles. The molecule has 0 radical (unpaired) electrons. The Morgan fingerprint density at radius 2 is 1.94 bits per heavy atom. The molecule has 4 nitrogen and oxygen atoms in total. The van der Waals surface area contributed by atoms with E-state index in [0.29, 0.717) is 10.9 Å². The lowest BCUT2D eigenvalue weighted by Gasteiger charge is -2.02. The Balaban J connectivity index is 2.27. The molecule has 0 unspecified atom stereocenters. The lowest BCUT2D eigenvalue weighted by atomic mass is 10.3. The Labute approximate surface area is 104 Å². The molecular formula is C12H10N4S. The summed E-state index contributed by atoms with van der Waals surface area (Å²) in [5.41, 5.74) is 7.50. The second-order valence-corrected chi connectivity index (χ2v) is 4.50. The van der Waals surface area contributed by atoms with Crippen LogP contribution in [0.1, 0.15) is 11.4 Å². The van der Waals surface area contributed by atoms with Gasteiger partial charge in [-0.3, -0.25) is 0 Å². The number of nitrogen functional groups attached to an aromatic ring is 1. The van der Waals surface area contributed by atoms with Crippen molar-refractivity contribution in [2.75, 3.05) is 5.73 Å². The lowest BCUT2D eigenvalue weighted by molar-refractivity contribution is 0.919. The van der Waals surface area contributed by atoms with Crippen molar-refractivity contribution in [3.05, 3.63) is 41.7 Å². The van der Waals surface area contributed by atoms with E-state index in [0.717, 1.165) is 16.3 Å². The summed E-state index contributed by atoms with van der Waals surface area (Å²) in [6.45, 7) is 1.84. The van der Waals surface area contributed by atoms with Crippen molar-refractivity contribution in [3.63, 3.8) is 0 Å². The highest BCUT2D eigenvalue weighted by Crippen LogP contribution is 2.25. The summed E-state index contributed by atoms with van der Waals surface area (Å²) in [6, 6.07) is 11.1. The van der Waals surface area contributed by atoms with E-state index in [-0.39, 0.29) is 0 Å². The molecule has 0 aliphatic heterocycles. The van der Waals surface area contributed by atoms with Crippen LogP contribution in [0.2, 0.25) is 0 Å². The monoisotopic (exact) mass is 242 g/mol. The third-order valence-corrected chi connectivity index (χ3v) is 2.91. The van der Waals surface area contributed by atoms with Crippen molar-refractivity contribution in [3.8, 4) is 6.07 Å². The third kappa shape index (κ3) is 2.95. The predicted molar refractivity (Wildman–Crippen MR) is 66.5 cm³/mol. The normalized spacial score (nSPS) is 9.88. The largest absolute Gasteiger partial charge is 0.399 e. The topological polar surface area (TPSA) is 75.6 Å². The number of hydrogen-bond acceptors (Lipinski definition) is 5. The Bertz CT molecular complexity index is 572. The Morgan fingerprint density at radius 1 is 1.24 bits per heavy atom. The van der Waals surface area contributed by atoms with Gasteiger partial charge in [0.05, 0.1) is 0 Å². The molecule has 0 fully saturated rings. The predicted octanol–water partition coefficient (Wildman–Crippen LogP) is 2.39. The minimum absolute atomic E-state index is 0.385. The van der Waals surface area contributed by atoms with Crippen LogP contribution < -0.4 is 5.73 Å². The average molecular weight is 242 g/mol. The van der Waals surface area contributed by atoms with Gasteiger partial charge in [-0.2, -0.15) is 5.26 Å². The summed E-state index contributed by atoms with van der Waals surface area (Å²) in [6.07, 6.45) is 0. The lowest BCUT2D eigenvalue weighted by Crippen LogP contribution is -1.93. The summed E-state index contributed by atoms with van der Waals surface area (Å²) in [5.74, 6) is 0. The van der Waals surface area contributed by atoms with Gasteiger partial charge in [-0.1, -0.05) is 0 Å². The number of hydrogen-bond donors (Lipinski definition) is 1. The van der Waals surface area contributed by atoms with Crippen LogP contribution in [-0.4, -0.2) is 9.97 Å². The van der Waals surface area contributed by atoms with Crippen molar-refractivity contribution in [2.45, 2.75) is 17.0 Å². The van der Waals surface area contributed by atoms with Gasteiger partial charge in [0.15, 0.2) is 5.16 Å². The van der Waals surface area contributed by atoms with Crippen LogP contribution in [0.3, 0.4) is 0 Å². The second kappa shape index (κ2) is 4.85. The second-order valence-electron chi connectivity index (χ2n) is 3.46. The van der Waals surface area contributed by atoms with Gasteiger partial charge in [0.1, 0.15) is 11.8 Å². The van der Waals surface area contributed by atoms with E-state index in [1.165, 1.54) is 11.8 Å². The van der Waals surface area contributed by atoms with Crippen LogP contribution in [0.4, 0.5) is 5.69 Å². The standard InChI is InChI=1S/C12H10N4S/c1-8-6-10(7-13)16-12(15-8)17-11-4-2-9(14)3-5-11/h2-6H,14H2,1H3. The van der Waals surface area contributed by atoms with E-state index < -0.39 is 0 Å². The quantitative estimate of drug-likeness (QED) is 0.646. The van der Waals surface area contributed by atoms with Crippen LogP contribution in [0, 0.1) is 18.3 Å². The molecule has 0 bridgehead atoms. The zero-order chi connectivity index (χ0) is 12.3. The maximum atomic E-state index is 8.82. The number of aromatic nitrogens is 2. The number of benzene rings is 1. The number of nitriles is 1. The molecule has 2 rings (SSSR count). The van der Waals surface area contributed by atoms with E-state index in [1.54, 1.807) is 6.07 Å². The van der Waals surface area contributed by atoms with Crippen LogP contribution in [0.5, 0.6) is 0 Å². The number of aryl methyl sites for hydroxylation is 1. The summed E-state index contributed by atoms with van der Waals surface area (Å²) in [5, 5.41) is 9.40. The molecule has 0 spiro atoms. The third-order valence-electron chi connectivity index (χ3n) is 2.04. The van der Waals surface area contributed by atoms with Crippen LogP contribution in [0.25, 0.3) is 0 Å². The van der Waals surface area contributed by atoms with Crippen molar-refractivity contribution < 1.29 is 0 Å². The molecule has 2 N–H and O–H groups in total. The Hall–Kier alpha value is -2.06. The van der Waals surface area contributed by atoms with Crippen molar-refractivity contribution in [2.24, 2.45) is 0 Å². The zero-order valence-electron chi connectivity index (χ0n) is 9.21. The van der Waals surface area contributed by atoms with E-state index in [4.69, 9.17) is 11.0 Å². The van der Waals surface area contributed by atoms with Crippen LogP contribution in [0.15, 0.2) is 40.4 Å². The Morgan fingerprint density at radius 3 is 2.59 bits per heavy atom. The Kier molecular flexibility index (Phi) is 3.26. The number of anilines is 1. The fourth-order valence-electron chi connectivity index (χ4n) is 1.29. The molecule has 1 aromatic carbocycles. The molecule has 0 atom stereocenters. The molecular weight excluding hydrogens is 232 g/mol. The fraction of sp³-hybridized carbons (Fsp3) is 0.0833. The minimum atomic E-state index is 0.385. The highest BCUT2D eigenvalue weighted by molar-refractivity contribution is 7.99. The van der Waals surface area contributed by atoms with Gasteiger partial charge >= 0.3 is 0 Å². The minimum Gasteiger partial charge on any atom is -0.399 e. The highest BCUT2D eigenvalue weighted by Gasteiger charge is 2.04. The van der Waals surface area contributed by atoms with Crippen LogP contribution in [-0.2, 0) is 0 Å². The first kappa shape index (κ1) is 11.4. The van der Waals surface area contributed by atoms with E-state index in [1.807, 2.05) is 37.3 Å². The van der Waals surface area contributed by atoms with Crippen molar-refractivity contribution >= 4 is 17.4 Å². The van der Waals surface area contributed by atoms with E-state index >= 15 is 0 Å². The molecule has 0 amide bonds. The molecule has 0 aliphatic carbocycles. The van der Waals surface area contributed by atoms with Gasteiger partial charge in [-0.15, -0.1) is 0 Å².